The first kappa shape index (κ1) is 23.3. The molecule has 0 saturated heterocycles. The van der Waals surface area contributed by atoms with Gasteiger partial charge in [0.05, 0.1) is 5.69 Å². The third-order valence-corrected chi connectivity index (χ3v) is 4.68. The van der Waals surface area contributed by atoms with Crippen LogP contribution in [-0.4, -0.2) is 30.5 Å². The average Bonchev–Trinajstić information content (AvgIpc) is 3.31. The minimum absolute atomic E-state index is 0.271. The van der Waals surface area contributed by atoms with Gasteiger partial charge in [-0.05, 0) is 37.5 Å². The molecule has 3 aromatic heterocycles. The van der Waals surface area contributed by atoms with Crippen molar-refractivity contribution in [3.05, 3.63) is 53.2 Å². The third kappa shape index (κ3) is 5.26. The summed E-state index contributed by atoms with van der Waals surface area (Å²) in [4.78, 5) is 13.9. The molecule has 0 radical (unpaired) electrons. The van der Waals surface area contributed by atoms with Crippen molar-refractivity contribution in [2.24, 2.45) is 12.8 Å². The highest BCUT2D eigenvalue weighted by atomic mass is 19.4. The van der Waals surface area contributed by atoms with Gasteiger partial charge in [0.2, 0.25) is 0 Å². The lowest BCUT2D eigenvalue weighted by Crippen LogP contribution is -2.15. The van der Waals surface area contributed by atoms with Crippen molar-refractivity contribution >= 4 is 5.91 Å². The number of nitrogens with two attached hydrogens (primary N) is 1. The van der Waals surface area contributed by atoms with E-state index in [1.165, 1.54) is 13.2 Å². The molecule has 1 aliphatic heterocycles. The number of aromatic nitrogens is 5. The van der Waals surface area contributed by atoms with Gasteiger partial charge in [0, 0.05) is 37.1 Å². The molecular weight excluding hydrogens is 442 g/mol. The number of carbonyl (C=O) groups excluding carboxylic acids is 1. The van der Waals surface area contributed by atoms with Gasteiger partial charge in [0.1, 0.15) is 11.4 Å². The van der Waals surface area contributed by atoms with E-state index < -0.39 is 29.6 Å². The van der Waals surface area contributed by atoms with E-state index in [0.717, 1.165) is 42.2 Å². The Balaban J connectivity index is 0.000000195. The Kier molecular flexibility index (Phi) is 6.28. The minimum Gasteiger partial charge on any atom is -0.364 e. The molecular formula is C19H18F6N6O. The molecule has 4 rings (SSSR count). The van der Waals surface area contributed by atoms with Gasteiger partial charge in [0.25, 0.3) is 5.91 Å². The summed E-state index contributed by atoms with van der Waals surface area (Å²) in [6.07, 6.45) is -4.69. The fourth-order valence-corrected chi connectivity index (χ4v) is 3.14. The number of hydrogen-bond donors (Lipinski definition) is 1. The summed E-state index contributed by atoms with van der Waals surface area (Å²) >= 11 is 0. The maximum absolute atomic E-state index is 12.6. The summed E-state index contributed by atoms with van der Waals surface area (Å²) in [5.74, 6) is -0.939. The molecule has 7 nitrogen and oxygen atoms in total. The first-order valence-electron chi connectivity index (χ1n) is 9.37. The number of carbonyl (C=O) groups is 1. The predicted molar refractivity (Wildman–Crippen MR) is 100 cm³/mol. The summed E-state index contributed by atoms with van der Waals surface area (Å²) in [5.41, 5.74) is 4.67. The largest absolute Gasteiger partial charge is 0.435 e. The number of nitrogens with zero attached hydrogens (tertiary/aromatic N) is 5. The second-order valence-electron chi connectivity index (χ2n) is 7.03. The summed E-state index contributed by atoms with van der Waals surface area (Å²) in [7, 11) is 1.22. The number of alkyl halides is 6. The van der Waals surface area contributed by atoms with Crippen molar-refractivity contribution < 1.29 is 31.1 Å². The molecule has 3 aromatic rings. The SMILES string of the molecule is Cn1nc(C(F)(F)F)cc1C(N)=O.FC(F)(F)c1cc(-c2cc3n(n2)CCCC3)ccn1. The first-order valence-corrected chi connectivity index (χ1v) is 9.37. The Hall–Kier alpha value is -3.38. The van der Waals surface area contributed by atoms with Crippen molar-refractivity contribution in [2.75, 3.05) is 0 Å². The van der Waals surface area contributed by atoms with Gasteiger partial charge >= 0.3 is 12.4 Å². The van der Waals surface area contributed by atoms with Gasteiger partial charge in [-0.25, -0.2) is 0 Å². The maximum atomic E-state index is 12.6. The summed E-state index contributed by atoms with van der Waals surface area (Å²) in [6.45, 7) is 0.840. The second kappa shape index (κ2) is 8.63. The van der Waals surface area contributed by atoms with E-state index in [-0.39, 0.29) is 5.69 Å². The van der Waals surface area contributed by atoms with Crippen LogP contribution in [0.2, 0.25) is 0 Å². The Morgan fingerprint density at radius 3 is 2.22 bits per heavy atom. The second-order valence-corrected chi connectivity index (χ2v) is 7.03. The molecule has 0 aromatic carbocycles. The van der Waals surface area contributed by atoms with Crippen LogP contribution in [0, 0.1) is 0 Å². The molecule has 32 heavy (non-hydrogen) atoms. The maximum Gasteiger partial charge on any atom is 0.435 e. The fraction of sp³-hybridized carbons (Fsp3) is 0.368. The van der Waals surface area contributed by atoms with E-state index >= 15 is 0 Å². The molecule has 0 bridgehead atoms. The molecule has 0 atom stereocenters. The summed E-state index contributed by atoms with van der Waals surface area (Å²) in [5, 5.41) is 7.46. The smallest absolute Gasteiger partial charge is 0.364 e. The number of halogens is 6. The van der Waals surface area contributed by atoms with Crippen LogP contribution in [0.5, 0.6) is 0 Å². The third-order valence-electron chi connectivity index (χ3n) is 4.68. The fourth-order valence-electron chi connectivity index (χ4n) is 3.14. The molecule has 13 heteroatoms. The zero-order chi connectivity index (χ0) is 23.7. The molecule has 0 saturated carbocycles. The van der Waals surface area contributed by atoms with Gasteiger partial charge in [-0.1, -0.05) is 0 Å². The molecule has 0 fully saturated rings. The number of fused-ring (bicyclic) bond motifs is 1. The van der Waals surface area contributed by atoms with E-state index in [2.05, 4.69) is 15.2 Å². The van der Waals surface area contributed by atoms with Crippen molar-refractivity contribution in [2.45, 2.75) is 38.2 Å². The number of hydrogen-bond acceptors (Lipinski definition) is 4. The van der Waals surface area contributed by atoms with E-state index in [9.17, 15) is 31.1 Å². The minimum atomic E-state index is -4.55. The zero-order valence-corrected chi connectivity index (χ0v) is 16.7. The zero-order valence-electron chi connectivity index (χ0n) is 16.7. The van der Waals surface area contributed by atoms with Gasteiger partial charge in [-0.15, -0.1) is 0 Å². The van der Waals surface area contributed by atoms with Crippen LogP contribution >= 0.6 is 0 Å². The van der Waals surface area contributed by atoms with Crippen molar-refractivity contribution in [1.29, 1.82) is 0 Å². The van der Waals surface area contributed by atoms with Crippen molar-refractivity contribution in [3.63, 3.8) is 0 Å². The van der Waals surface area contributed by atoms with Gasteiger partial charge in [0.15, 0.2) is 5.69 Å². The number of aryl methyl sites for hydroxylation is 3. The van der Waals surface area contributed by atoms with Gasteiger partial charge in [-0.2, -0.15) is 36.5 Å². The highest BCUT2D eigenvalue weighted by molar-refractivity contribution is 5.91. The molecule has 172 valence electrons. The van der Waals surface area contributed by atoms with Crippen molar-refractivity contribution in [1.82, 2.24) is 24.5 Å². The summed E-state index contributed by atoms with van der Waals surface area (Å²) < 4.78 is 76.6. The van der Waals surface area contributed by atoms with E-state index in [1.807, 2.05) is 10.7 Å². The lowest BCUT2D eigenvalue weighted by atomic mass is 10.1. The number of primary amides is 1. The Labute approximate surface area is 177 Å². The van der Waals surface area contributed by atoms with Gasteiger partial charge in [-0.3, -0.25) is 19.1 Å². The molecule has 0 aliphatic carbocycles. The molecule has 4 heterocycles. The Morgan fingerprint density at radius 1 is 1.00 bits per heavy atom. The number of amides is 1. The van der Waals surface area contributed by atoms with Crippen LogP contribution in [-0.2, 0) is 32.4 Å². The molecule has 2 N–H and O–H groups in total. The highest BCUT2D eigenvalue weighted by Crippen LogP contribution is 2.31. The lowest BCUT2D eigenvalue weighted by molar-refractivity contribution is -0.142. The van der Waals surface area contributed by atoms with Gasteiger partial charge < -0.3 is 5.73 Å². The predicted octanol–water partition coefficient (Wildman–Crippen LogP) is 3.84. The number of pyridine rings is 1. The van der Waals surface area contributed by atoms with Crippen LogP contribution in [0.1, 0.15) is 40.4 Å². The Bertz CT molecular complexity index is 1090. The quantitative estimate of drug-likeness (QED) is 0.589. The van der Waals surface area contributed by atoms with Crippen LogP contribution in [0.3, 0.4) is 0 Å². The topological polar surface area (TPSA) is 91.6 Å². The average molecular weight is 460 g/mol. The Morgan fingerprint density at radius 2 is 1.69 bits per heavy atom. The standard InChI is InChI=1S/C13H12F3N3.C6H6F3N3O/c14-13(15,16)12-7-9(4-5-17-12)11-8-10-3-1-2-6-19(10)18-11;1-12-3(5(10)13)2-4(11-12)6(7,8)9/h4-5,7-8H,1-3,6H2;2H,1H3,(H2,10,13). The van der Waals surface area contributed by atoms with Crippen LogP contribution in [0.15, 0.2) is 30.5 Å². The molecule has 0 spiro atoms. The molecule has 1 aliphatic rings. The monoisotopic (exact) mass is 460 g/mol. The molecule has 0 unspecified atom stereocenters. The first-order chi connectivity index (χ1) is 14.9. The van der Waals surface area contributed by atoms with Crippen LogP contribution in [0.25, 0.3) is 11.3 Å². The van der Waals surface area contributed by atoms with Crippen LogP contribution in [0.4, 0.5) is 26.3 Å². The lowest BCUT2D eigenvalue weighted by Gasteiger charge is -2.11. The summed E-state index contributed by atoms with van der Waals surface area (Å²) in [6, 6.07) is 5.09. The van der Waals surface area contributed by atoms with E-state index in [0.29, 0.717) is 17.3 Å². The van der Waals surface area contributed by atoms with Crippen LogP contribution < -0.4 is 5.73 Å². The normalized spacial score (nSPS) is 13.8. The molecule has 1 amide bonds. The van der Waals surface area contributed by atoms with E-state index in [1.54, 1.807) is 6.07 Å². The van der Waals surface area contributed by atoms with Crippen molar-refractivity contribution in [3.8, 4) is 11.3 Å². The highest BCUT2D eigenvalue weighted by Gasteiger charge is 2.35. The van der Waals surface area contributed by atoms with E-state index in [4.69, 9.17) is 5.73 Å². The number of rotatable bonds is 2.